The van der Waals surface area contributed by atoms with Crippen molar-refractivity contribution in [1.29, 1.82) is 0 Å². The number of halogens is 2. The number of nitrogens with one attached hydrogen (secondary N) is 1. The Labute approximate surface area is 116 Å². The first-order valence-electron chi connectivity index (χ1n) is 5.26. The topological polar surface area (TPSA) is 46.2 Å². The van der Waals surface area contributed by atoms with Gasteiger partial charge in [-0.2, -0.15) is 0 Å². The van der Waals surface area contributed by atoms with Gasteiger partial charge in [-0.25, -0.2) is 13.1 Å². The van der Waals surface area contributed by atoms with Crippen LogP contribution in [0.25, 0.3) is 0 Å². The maximum absolute atomic E-state index is 11.8. The molecule has 1 heterocycles. The van der Waals surface area contributed by atoms with Gasteiger partial charge in [0.2, 0.25) is 10.0 Å². The maximum Gasteiger partial charge on any atom is 0.250 e. The van der Waals surface area contributed by atoms with Crippen molar-refractivity contribution in [1.82, 2.24) is 4.72 Å². The van der Waals surface area contributed by atoms with Crippen molar-refractivity contribution in [2.45, 2.75) is 24.0 Å². The number of thiophene rings is 1. The lowest BCUT2D eigenvalue weighted by Crippen LogP contribution is -2.24. The second kappa shape index (κ2) is 6.95. The molecule has 3 nitrogen and oxygen atoms in total. The summed E-state index contributed by atoms with van der Waals surface area (Å²) in [6, 6.07) is 3.09. The molecule has 1 rings (SSSR count). The van der Waals surface area contributed by atoms with Gasteiger partial charge in [0.25, 0.3) is 0 Å². The Morgan fingerprint density at radius 1 is 1.47 bits per heavy atom. The second-order valence-corrected chi connectivity index (χ2v) is 7.88. The zero-order valence-corrected chi connectivity index (χ0v) is 12.6. The van der Waals surface area contributed by atoms with Crippen molar-refractivity contribution < 1.29 is 8.42 Å². The molecule has 0 saturated heterocycles. The van der Waals surface area contributed by atoms with Gasteiger partial charge in [-0.1, -0.05) is 18.5 Å². The lowest BCUT2D eigenvalue weighted by atomic mass is 10.1. The highest BCUT2D eigenvalue weighted by Crippen LogP contribution is 2.25. The average Bonchev–Trinajstić information content (AvgIpc) is 2.71. The molecule has 1 atom stereocenters. The molecule has 0 bridgehead atoms. The highest BCUT2D eigenvalue weighted by atomic mass is 35.5. The SMILES string of the molecule is CC(CCl)CCCNS(=O)(=O)c1ccc(Cl)s1. The number of sulfonamides is 1. The normalized spacial score (nSPS) is 13.8. The number of hydrogen-bond donors (Lipinski definition) is 1. The van der Waals surface area contributed by atoms with E-state index >= 15 is 0 Å². The lowest BCUT2D eigenvalue weighted by Gasteiger charge is -2.07. The first-order valence-corrected chi connectivity index (χ1v) is 8.48. The molecular weight excluding hydrogens is 301 g/mol. The number of alkyl halides is 1. The predicted octanol–water partition coefficient (Wildman–Crippen LogP) is 3.33. The average molecular weight is 316 g/mol. The molecule has 0 aliphatic heterocycles. The molecule has 17 heavy (non-hydrogen) atoms. The third-order valence-electron chi connectivity index (χ3n) is 2.24. The van der Waals surface area contributed by atoms with Gasteiger partial charge in [0.15, 0.2) is 0 Å². The Bertz CT molecular complexity index is 445. The zero-order chi connectivity index (χ0) is 12.9. The lowest BCUT2D eigenvalue weighted by molar-refractivity contribution is 0.544. The Balaban J connectivity index is 2.41. The third-order valence-corrected chi connectivity index (χ3v) is 5.95. The van der Waals surface area contributed by atoms with Crippen LogP contribution in [0.15, 0.2) is 16.3 Å². The van der Waals surface area contributed by atoms with Gasteiger partial charge in [0, 0.05) is 12.4 Å². The first kappa shape index (κ1) is 15.2. The molecule has 0 radical (unpaired) electrons. The standard InChI is InChI=1S/C10H15Cl2NO2S2/c1-8(7-11)3-2-6-13-17(14,15)10-5-4-9(12)16-10/h4-5,8,13H,2-3,6-7H2,1H3. The van der Waals surface area contributed by atoms with E-state index in [1.165, 1.54) is 6.07 Å². The van der Waals surface area contributed by atoms with E-state index in [2.05, 4.69) is 4.72 Å². The van der Waals surface area contributed by atoms with Crippen LogP contribution in [-0.4, -0.2) is 20.8 Å². The van der Waals surface area contributed by atoms with Crippen LogP contribution in [0.2, 0.25) is 4.34 Å². The molecule has 0 fully saturated rings. The van der Waals surface area contributed by atoms with Crippen LogP contribution in [0.1, 0.15) is 19.8 Å². The first-order chi connectivity index (χ1) is 7.95. The molecule has 0 aliphatic carbocycles. The fraction of sp³-hybridized carbons (Fsp3) is 0.600. The predicted molar refractivity (Wildman–Crippen MR) is 73.6 cm³/mol. The minimum atomic E-state index is -3.39. The molecule has 0 aromatic carbocycles. The van der Waals surface area contributed by atoms with E-state index in [0.717, 1.165) is 24.2 Å². The van der Waals surface area contributed by atoms with Crippen molar-refractivity contribution in [2.75, 3.05) is 12.4 Å². The summed E-state index contributed by atoms with van der Waals surface area (Å²) in [6.07, 6.45) is 1.70. The van der Waals surface area contributed by atoms with Crippen molar-refractivity contribution in [3.05, 3.63) is 16.5 Å². The van der Waals surface area contributed by atoms with Gasteiger partial charge in [-0.15, -0.1) is 22.9 Å². The van der Waals surface area contributed by atoms with E-state index < -0.39 is 10.0 Å². The minimum Gasteiger partial charge on any atom is -0.210 e. The molecule has 1 aromatic heterocycles. The maximum atomic E-state index is 11.8. The van der Waals surface area contributed by atoms with Crippen LogP contribution < -0.4 is 4.72 Å². The zero-order valence-electron chi connectivity index (χ0n) is 9.45. The highest BCUT2D eigenvalue weighted by molar-refractivity contribution is 7.91. The number of hydrogen-bond acceptors (Lipinski definition) is 3. The quantitative estimate of drug-likeness (QED) is 0.619. The van der Waals surface area contributed by atoms with Crippen molar-refractivity contribution in [3.63, 3.8) is 0 Å². The Morgan fingerprint density at radius 3 is 2.71 bits per heavy atom. The van der Waals surface area contributed by atoms with Crippen molar-refractivity contribution in [3.8, 4) is 0 Å². The van der Waals surface area contributed by atoms with Gasteiger partial charge >= 0.3 is 0 Å². The van der Waals surface area contributed by atoms with Gasteiger partial charge in [0.1, 0.15) is 4.21 Å². The molecule has 7 heteroatoms. The summed E-state index contributed by atoms with van der Waals surface area (Å²) in [7, 11) is -3.39. The van der Waals surface area contributed by atoms with E-state index in [4.69, 9.17) is 23.2 Å². The highest BCUT2D eigenvalue weighted by Gasteiger charge is 2.15. The van der Waals surface area contributed by atoms with E-state index in [1.54, 1.807) is 6.07 Å². The van der Waals surface area contributed by atoms with Crippen LogP contribution in [0.3, 0.4) is 0 Å². The van der Waals surface area contributed by atoms with E-state index in [-0.39, 0.29) is 4.21 Å². The molecule has 1 unspecified atom stereocenters. The summed E-state index contributed by atoms with van der Waals surface area (Å²) in [4.78, 5) is 0. The molecule has 1 N–H and O–H groups in total. The molecule has 1 aromatic rings. The molecule has 0 amide bonds. The van der Waals surface area contributed by atoms with Gasteiger partial charge in [-0.3, -0.25) is 0 Å². The van der Waals surface area contributed by atoms with Gasteiger partial charge in [-0.05, 0) is 30.9 Å². The van der Waals surface area contributed by atoms with Crippen molar-refractivity contribution in [2.24, 2.45) is 5.92 Å². The Hall–Kier alpha value is 0.190. The minimum absolute atomic E-state index is 0.257. The molecule has 98 valence electrons. The molecular formula is C10H15Cl2NO2S2. The van der Waals surface area contributed by atoms with Crippen LogP contribution in [0.5, 0.6) is 0 Å². The fourth-order valence-corrected chi connectivity index (χ4v) is 4.00. The summed E-state index contributed by atoms with van der Waals surface area (Å²) in [5.41, 5.74) is 0. The monoisotopic (exact) mass is 315 g/mol. The fourth-order valence-electron chi connectivity index (χ4n) is 1.25. The Morgan fingerprint density at radius 2 is 2.18 bits per heavy atom. The summed E-state index contributed by atoms with van der Waals surface area (Å²) in [5.74, 6) is 1.02. The van der Waals surface area contributed by atoms with Crippen LogP contribution in [0.4, 0.5) is 0 Å². The number of rotatable bonds is 7. The third kappa shape index (κ3) is 5.14. The summed E-state index contributed by atoms with van der Waals surface area (Å²) < 4.78 is 26.8. The largest absolute Gasteiger partial charge is 0.250 e. The summed E-state index contributed by atoms with van der Waals surface area (Å²) >= 11 is 12.4. The van der Waals surface area contributed by atoms with E-state index in [1.807, 2.05) is 6.92 Å². The molecule has 0 spiro atoms. The smallest absolute Gasteiger partial charge is 0.210 e. The van der Waals surface area contributed by atoms with Gasteiger partial charge < -0.3 is 0 Å². The summed E-state index contributed by atoms with van der Waals surface area (Å²) in [5, 5.41) is 0. The van der Waals surface area contributed by atoms with Crippen molar-refractivity contribution >= 4 is 44.6 Å². The van der Waals surface area contributed by atoms with Crippen LogP contribution in [-0.2, 0) is 10.0 Å². The second-order valence-electron chi connectivity index (χ2n) is 3.86. The summed E-state index contributed by atoms with van der Waals surface area (Å²) in [6.45, 7) is 2.47. The molecule has 0 aliphatic rings. The van der Waals surface area contributed by atoms with E-state index in [9.17, 15) is 8.42 Å². The van der Waals surface area contributed by atoms with Gasteiger partial charge in [0.05, 0.1) is 4.34 Å². The van der Waals surface area contributed by atoms with Crippen LogP contribution in [0, 0.1) is 5.92 Å². The van der Waals surface area contributed by atoms with E-state index in [0.29, 0.717) is 22.7 Å². The van der Waals surface area contributed by atoms with Crippen LogP contribution >= 0.6 is 34.5 Å². The molecule has 0 saturated carbocycles. The Kier molecular flexibility index (Phi) is 6.23.